The molecule has 0 bridgehead atoms. The lowest BCUT2D eigenvalue weighted by atomic mass is 10.0. The quantitative estimate of drug-likeness (QED) is 0.414. The van der Waals surface area contributed by atoms with Gasteiger partial charge in [0.2, 0.25) is 0 Å². The van der Waals surface area contributed by atoms with Gasteiger partial charge < -0.3 is 5.21 Å². The van der Waals surface area contributed by atoms with Crippen LogP contribution in [-0.2, 0) is 5.88 Å². The van der Waals surface area contributed by atoms with Crippen molar-refractivity contribution < 1.29 is 4.73 Å². The molecule has 1 heterocycles. The van der Waals surface area contributed by atoms with E-state index in [0.29, 0.717) is 11.3 Å². The molecule has 0 saturated heterocycles. The molecule has 3 rings (SSSR count). The van der Waals surface area contributed by atoms with Crippen molar-refractivity contribution in [2.24, 2.45) is 0 Å². The highest BCUT2D eigenvalue weighted by molar-refractivity contribution is 6.16. The largest absolute Gasteiger partial charge is 0.710 e. The van der Waals surface area contributed by atoms with Gasteiger partial charge in [0.15, 0.2) is 5.52 Å². The molecule has 1 aromatic heterocycles. The number of halogens is 1. The van der Waals surface area contributed by atoms with E-state index >= 15 is 0 Å². The minimum Gasteiger partial charge on any atom is -0.710 e. The summed E-state index contributed by atoms with van der Waals surface area (Å²) in [7, 11) is 0. The molecule has 4 nitrogen and oxygen atoms in total. The van der Waals surface area contributed by atoms with E-state index < -0.39 is 0 Å². The predicted octanol–water partition coefficient (Wildman–Crippen LogP) is 3.15. The van der Waals surface area contributed by atoms with Crippen LogP contribution in [0.1, 0.15) is 11.4 Å². The molecule has 0 atom stereocenters. The first-order chi connectivity index (χ1) is 10.2. The Kier molecular flexibility index (Phi) is 3.43. The summed E-state index contributed by atoms with van der Waals surface area (Å²) in [5.41, 5.74) is 2.50. The van der Waals surface area contributed by atoms with Crippen LogP contribution in [0.2, 0.25) is 0 Å². The Morgan fingerprint density at radius 3 is 2.52 bits per heavy atom. The van der Waals surface area contributed by atoms with Crippen molar-refractivity contribution in [3.8, 4) is 17.3 Å². The molecule has 2 aromatic carbocycles. The Bertz CT molecular complexity index is 854. The first-order valence-electron chi connectivity index (χ1n) is 6.32. The second-order valence-electron chi connectivity index (χ2n) is 4.51. The molecule has 0 aliphatic carbocycles. The van der Waals surface area contributed by atoms with E-state index in [9.17, 15) is 5.21 Å². The summed E-state index contributed by atoms with van der Waals surface area (Å²) in [6, 6.07) is 16.4. The summed E-state index contributed by atoms with van der Waals surface area (Å²) in [4.78, 5) is 4.28. The van der Waals surface area contributed by atoms with Crippen molar-refractivity contribution in [1.82, 2.24) is 4.98 Å². The second kappa shape index (κ2) is 5.39. The van der Waals surface area contributed by atoms with Crippen LogP contribution in [0.25, 0.3) is 22.2 Å². The average molecular weight is 296 g/mol. The van der Waals surface area contributed by atoms with Crippen molar-refractivity contribution in [2.75, 3.05) is 0 Å². The molecule has 5 heteroatoms. The van der Waals surface area contributed by atoms with Gasteiger partial charge >= 0.3 is 5.82 Å². The van der Waals surface area contributed by atoms with Gasteiger partial charge in [-0.1, -0.05) is 12.1 Å². The maximum atomic E-state index is 12.5. The van der Waals surface area contributed by atoms with Crippen molar-refractivity contribution in [2.45, 2.75) is 5.88 Å². The second-order valence-corrected chi connectivity index (χ2v) is 4.78. The maximum Gasteiger partial charge on any atom is 0.317 e. The van der Waals surface area contributed by atoms with Gasteiger partial charge in [-0.2, -0.15) is 5.26 Å². The normalized spacial score (nSPS) is 10.5. The number of fused-ring (bicyclic) bond motifs is 1. The van der Waals surface area contributed by atoms with E-state index in [2.05, 4.69) is 11.1 Å². The van der Waals surface area contributed by atoms with Gasteiger partial charge in [-0.25, -0.2) is 4.73 Å². The van der Waals surface area contributed by atoms with Gasteiger partial charge in [0.1, 0.15) is 11.6 Å². The molecule has 0 unspecified atom stereocenters. The molecule has 0 radical (unpaired) electrons. The predicted molar refractivity (Wildman–Crippen MR) is 80.4 cm³/mol. The number of aromatic nitrogens is 2. The number of para-hydroxylation sites is 1. The van der Waals surface area contributed by atoms with Crippen molar-refractivity contribution in [3.05, 3.63) is 65.1 Å². The number of hydrogen-bond donors (Lipinski definition) is 0. The standard InChI is InChI=1S/C16H10ClN3O/c17-9-15-19-14-4-2-1-3-13(14)16(20(15)21)12-7-5-11(10-18)6-8-12/h1-8H,9H2. The molecule has 0 amide bonds. The van der Waals surface area contributed by atoms with Gasteiger partial charge in [-0.15, -0.1) is 11.6 Å². The molecule has 0 fully saturated rings. The highest BCUT2D eigenvalue weighted by Gasteiger charge is 2.18. The van der Waals surface area contributed by atoms with E-state index in [4.69, 9.17) is 16.9 Å². The van der Waals surface area contributed by atoms with E-state index in [-0.39, 0.29) is 11.7 Å². The monoisotopic (exact) mass is 295 g/mol. The fourth-order valence-corrected chi connectivity index (χ4v) is 2.42. The maximum absolute atomic E-state index is 12.5. The van der Waals surface area contributed by atoms with E-state index in [0.717, 1.165) is 21.2 Å². The van der Waals surface area contributed by atoms with Crippen molar-refractivity contribution in [1.29, 1.82) is 5.26 Å². The number of hydrogen-bond acceptors (Lipinski definition) is 3. The molecule has 0 aliphatic rings. The van der Waals surface area contributed by atoms with Crippen LogP contribution in [0.3, 0.4) is 0 Å². The van der Waals surface area contributed by atoms with Crippen LogP contribution >= 0.6 is 11.6 Å². The van der Waals surface area contributed by atoms with Gasteiger partial charge in [0.05, 0.1) is 17.0 Å². The zero-order valence-corrected chi connectivity index (χ0v) is 11.7. The summed E-state index contributed by atoms with van der Waals surface area (Å²) < 4.78 is 0.761. The van der Waals surface area contributed by atoms with E-state index in [1.165, 1.54) is 0 Å². The molecule has 0 aliphatic heterocycles. The fourth-order valence-electron chi connectivity index (χ4n) is 2.25. The summed E-state index contributed by atoms with van der Waals surface area (Å²) in [5, 5.41) is 22.1. The number of alkyl halides is 1. The number of rotatable bonds is 2. The van der Waals surface area contributed by atoms with Crippen LogP contribution in [0, 0.1) is 16.5 Å². The SMILES string of the molecule is N#Cc1ccc(-c2c3ccccc3nc(CCl)[n+]2[O-])cc1. The summed E-state index contributed by atoms with van der Waals surface area (Å²) in [5.74, 6) is 0.298. The first-order valence-corrected chi connectivity index (χ1v) is 6.85. The first kappa shape index (κ1) is 13.3. The number of benzene rings is 2. The zero-order chi connectivity index (χ0) is 14.8. The van der Waals surface area contributed by atoms with E-state index in [1.807, 2.05) is 24.3 Å². The number of nitriles is 1. The van der Waals surface area contributed by atoms with E-state index in [1.54, 1.807) is 24.3 Å². The zero-order valence-electron chi connectivity index (χ0n) is 11.0. The third kappa shape index (κ3) is 2.28. The minimum absolute atomic E-state index is 0.0393. The summed E-state index contributed by atoms with van der Waals surface area (Å²) in [6.07, 6.45) is 0. The Morgan fingerprint density at radius 2 is 1.86 bits per heavy atom. The Labute approximate surface area is 126 Å². The summed E-state index contributed by atoms with van der Waals surface area (Å²) >= 11 is 5.81. The third-order valence-corrected chi connectivity index (χ3v) is 3.49. The highest BCUT2D eigenvalue weighted by atomic mass is 35.5. The molecule has 102 valence electrons. The smallest absolute Gasteiger partial charge is 0.317 e. The molecule has 3 aromatic rings. The van der Waals surface area contributed by atoms with Crippen LogP contribution < -0.4 is 4.73 Å². The Morgan fingerprint density at radius 1 is 1.14 bits per heavy atom. The highest BCUT2D eigenvalue weighted by Crippen LogP contribution is 2.25. The lowest BCUT2D eigenvalue weighted by Crippen LogP contribution is -2.35. The van der Waals surface area contributed by atoms with Gasteiger partial charge in [-0.05, 0) is 41.4 Å². The van der Waals surface area contributed by atoms with Crippen LogP contribution in [0.15, 0.2) is 48.5 Å². The topological polar surface area (TPSA) is 63.6 Å². The van der Waals surface area contributed by atoms with Crippen molar-refractivity contribution >= 4 is 22.5 Å². The van der Waals surface area contributed by atoms with Gasteiger partial charge in [0, 0.05) is 5.56 Å². The minimum atomic E-state index is 0.0393. The van der Waals surface area contributed by atoms with Gasteiger partial charge in [-0.3, -0.25) is 0 Å². The van der Waals surface area contributed by atoms with Crippen LogP contribution in [0.5, 0.6) is 0 Å². The Balaban J connectivity index is 2.33. The summed E-state index contributed by atoms with van der Waals surface area (Å²) in [6.45, 7) is 0. The molecular formula is C16H10ClN3O. The van der Waals surface area contributed by atoms with Crippen LogP contribution in [-0.4, -0.2) is 4.98 Å². The van der Waals surface area contributed by atoms with Crippen molar-refractivity contribution in [3.63, 3.8) is 0 Å². The molecular weight excluding hydrogens is 286 g/mol. The Hall–Kier alpha value is -2.64. The van der Waals surface area contributed by atoms with Gasteiger partial charge in [0.25, 0.3) is 0 Å². The number of nitrogens with zero attached hydrogens (tertiary/aromatic N) is 3. The lowest BCUT2D eigenvalue weighted by Gasteiger charge is -2.13. The molecule has 21 heavy (non-hydrogen) atoms. The van der Waals surface area contributed by atoms with Crippen LogP contribution in [0.4, 0.5) is 0 Å². The molecule has 0 N–H and O–H groups in total. The molecule has 0 spiro atoms. The average Bonchev–Trinajstić information content (AvgIpc) is 2.54. The molecule has 0 saturated carbocycles. The fraction of sp³-hybridized carbons (Fsp3) is 0.0625. The third-order valence-electron chi connectivity index (χ3n) is 3.25. The lowest BCUT2D eigenvalue weighted by molar-refractivity contribution is -0.603.